The van der Waals surface area contributed by atoms with Gasteiger partial charge in [0.15, 0.2) is 0 Å². The van der Waals surface area contributed by atoms with Crippen LogP contribution in [0, 0.1) is 11.3 Å². The van der Waals surface area contributed by atoms with Gasteiger partial charge in [-0.05, 0) is 32.9 Å². The zero-order valence-corrected chi connectivity index (χ0v) is 12.7. The molecule has 112 valence electrons. The maximum absolute atomic E-state index is 12.4. The fourth-order valence-corrected chi connectivity index (χ4v) is 2.63. The number of carbonyl (C=O) groups is 1. The number of carbonyl (C=O) groups excluding carboxylic acids is 1. The minimum Gasteiger partial charge on any atom is -0.373 e. The Morgan fingerprint density at radius 2 is 2.00 bits per heavy atom. The number of nitrogens with zero attached hydrogens (tertiary/aromatic N) is 2. The van der Waals surface area contributed by atoms with Crippen molar-refractivity contribution in [3.63, 3.8) is 0 Å². The van der Waals surface area contributed by atoms with Crippen molar-refractivity contribution in [3.05, 3.63) is 29.8 Å². The van der Waals surface area contributed by atoms with Crippen LogP contribution >= 0.6 is 0 Å². The van der Waals surface area contributed by atoms with Crippen LogP contribution in [-0.4, -0.2) is 42.1 Å². The molecule has 5 heteroatoms. The molecule has 3 atom stereocenters. The van der Waals surface area contributed by atoms with Crippen molar-refractivity contribution in [2.75, 3.05) is 18.4 Å². The van der Waals surface area contributed by atoms with E-state index >= 15 is 0 Å². The number of para-hydroxylation sites is 1. The molecule has 1 aromatic carbocycles. The molecule has 0 saturated carbocycles. The van der Waals surface area contributed by atoms with Crippen molar-refractivity contribution in [1.29, 1.82) is 5.26 Å². The number of nitriles is 1. The lowest BCUT2D eigenvalue weighted by Crippen LogP contribution is -2.52. The Bertz CT molecular complexity index is 543. The number of benzene rings is 1. The quantitative estimate of drug-likeness (QED) is 0.923. The molecular formula is C16H21N3O2. The van der Waals surface area contributed by atoms with Gasteiger partial charge in [-0.25, -0.2) is 0 Å². The molecule has 1 saturated heterocycles. The van der Waals surface area contributed by atoms with E-state index in [4.69, 9.17) is 10.00 Å². The van der Waals surface area contributed by atoms with E-state index in [-0.39, 0.29) is 24.2 Å². The van der Waals surface area contributed by atoms with E-state index in [0.29, 0.717) is 11.3 Å². The number of nitrogens with one attached hydrogen (secondary N) is 1. The highest BCUT2D eigenvalue weighted by Gasteiger charge is 2.29. The minimum absolute atomic E-state index is 0.0981. The molecule has 1 heterocycles. The van der Waals surface area contributed by atoms with Crippen molar-refractivity contribution in [1.82, 2.24) is 4.90 Å². The van der Waals surface area contributed by atoms with E-state index in [9.17, 15) is 4.79 Å². The Balaban J connectivity index is 2.04. The van der Waals surface area contributed by atoms with Gasteiger partial charge in [0, 0.05) is 13.1 Å². The fraction of sp³-hybridized carbons (Fsp3) is 0.500. The van der Waals surface area contributed by atoms with Crippen LogP contribution < -0.4 is 5.32 Å². The molecule has 0 aliphatic carbocycles. The summed E-state index contributed by atoms with van der Waals surface area (Å²) in [6, 6.07) is 8.85. The summed E-state index contributed by atoms with van der Waals surface area (Å²) >= 11 is 0. The van der Waals surface area contributed by atoms with Gasteiger partial charge in [-0.3, -0.25) is 9.69 Å². The van der Waals surface area contributed by atoms with Gasteiger partial charge < -0.3 is 10.1 Å². The van der Waals surface area contributed by atoms with Crippen LogP contribution in [0.4, 0.5) is 5.69 Å². The third-order valence-electron chi connectivity index (χ3n) is 3.68. The monoisotopic (exact) mass is 287 g/mol. The summed E-state index contributed by atoms with van der Waals surface area (Å²) in [6.45, 7) is 7.38. The molecule has 0 aromatic heterocycles. The second-order valence-corrected chi connectivity index (χ2v) is 5.53. The maximum Gasteiger partial charge on any atom is 0.241 e. The second-order valence-electron chi connectivity index (χ2n) is 5.53. The van der Waals surface area contributed by atoms with Gasteiger partial charge in [0.2, 0.25) is 5.91 Å². The zero-order valence-electron chi connectivity index (χ0n) is 12.7. The van der Waals surface area contributed by atoms with Crippen LogP contribution in [0.25, 0.3) is 0 Å². The maximum atomic E-state index is 12.4. The van der Waals surface area contributed by atoms with Crippen molar-refractivity contribution < 1.29 is 9.53 Å². The SMILES string of the molecule is C[C@@H]1CN([C@H](C)C(=O)Nc2ccccc2C#N)C[C@H](C)O1. The van der Waals surface area contributed by atoms with Crippen molar-refractivity contribution in [3.8, 4) is 6.07 Å². The minimum atomic E-state index is -0.259. The Labute approximate surface area is 125 Å². The summed E-state index contributed by atoms with van der Waals surface area (Å²) in [5, 5.41) is 11.9. The van der Waals surface area contributed by atoms with Crippen molar-refractivity contribution in [2.45, 2.75) is 39.0 Å². The Morgan fingerprint density at radius 3 is 2.62 bits per heavy atom. The lowest BCUT2D eigenvalue weighted by Gasteiger charge is -2.38. The van der Waals surface area contributed by atoms with Gasteiger partial charge in [0.25, 0.3) is 0 Å². The van der Waals surface area contributed by atoms with Crippen LogP contribution in [0.15, 0.2) is 24.3 Å². The molecule has 0 spiro atoms. The summed E-state index contributed by atoms with van der Waals surface area (Å²) in [4.78, 5) is 14.5. The molecule has 1 N–H and O–H groups in total. The van der Waals surface area contributed by atoms with Gasteiger partial charge in [-0.15, -0.1) is 0 Å². The second kappa shape index (κ2) is 6.70. The van der Waals surface area contributed by atoms with Crippen LogP contribution in [0.3, 0.4) is 0 Å². The van der Waals surface area contributed by atoms with Gasteiger partial charge in [-0.2, -0.15) is 5.26 Å². The number of ether oxygens (including phenoxy) is 1. The predicted molar refractivity (Wildman–Crippen MR) is 80.8 cm³/mol. The molecule has 2 rings (SSSR count). The lowest BCUT2D eigenvalue weighted by atomic mass is 10.1. The van der Waals surface area contributed by atoms with E-state index < -0.39 is 0 Å². The largest absolute Gasteiger partial charge is 0.373 e. The molecule has 0 bridgehead atoms. The number of morpholine rings is 1. The van der Waals surface area contributed by atoms with E-state index in [0.717, 1.165) is 13.1 Å². The number of anilines is 1. The van der Waals surface area contributed by atoms with Gasteiger partial charge in [0.1, 0.15) is 6.07 Å². The lowest BCUT2D eigenvalue weighted by molar-refractivity contribution is -0.126. The Morgan fingerprint density at radius 1 is 1.38 bits per heavy atom. The van der Waals surface area contributed by atoms with E-state index in [2.05, 4.69) is 16.3 Å². The predicted octanol–water partition coefficient (Wildman–Crippen LogP) is 1.99. The van der Waals surface area contributed by atoms with Crippen molar-refractivity contribution >= 4 is 11.6 Å². The van der Waals surface area contributed by atoms with E-state index in [1.165, 1.54) is 0 Å². The Kier molecular flexibility index (Phi) is 4.94. The zero-order chi connectivity index (χ0) is 15.4. The third kappa shape index (κ3) is 3.81. The van der Waals surface area contributed by atoms with Crippen LogP contribution in [0.5, 0.6) is 0 Å². The topological polar surface area (TPSA) is 65.4 Å². The van der Waals surface area contributed by atoms with Gasteiger partial charge in [0.05, 0.1) is 29.5 Å². The molecule has 0 radical (unpaired) electrons. The first-order chi connectivity index (χ1) is 10.0. The summed E-state index contributed by atoms with van der Waals surface area (Å²) in [6.07, 6.45) is 0.241. The molecule has 1 amide bonds. The average Bonchev–Trinajstić information content (AvgIpc) is 2.46. The molecule has 1 aromatic rings. The highest BCUT2D eigenvalue weighted by atomic mass is 16.5. The molecule has 5 nitrogen and oxygen atoms in total. The van der Waals surface area contributed by atoms with Crippen molar-refractivity contribution in [2.24, 2.45) is 0 Å². The summed E-state index contributed by atoms with van der Waals surface area (Å²) in [7, 11) is 0. The van der Waals surface area contributed by atoms with Crippen LogP contribution in [0.1, 0.15) is 26.3 Å². The van der Waals surface area contributed by atoms with Gasteiger partial charge >= 0.3 is 0 Å². The molecule has 21 heavy (non-hydrogen) atoms. The van der Waals surface area contributed by atoms with Crippen LogP contribution in [0.2, 0.25) is 0 Å². The number of hydrogen-bond donors (Lipinski definition) is 1. The summed E-state index contributed by atoms with van der Waals surface area (Å²) in [5.41, 5.74) is 1.04. The summed E-state index contributed by atoms with van der Waals surface area (Å²) in [5.74, 6) is -0.0981. The van der Waals surface area contributed by atoms with Crippen LogP contribution in [-0.2, 0) is 9.53 Å². The number of rotatable bonds is 3. The normalized spacial score (nSPS) is 24.1. The number of hydrogen-bond acceptors (Lipinski definition) is 4. The third-order valence-corrected chi connectivity index (χ3v) is 3.68. The average molecular weight is 287 g/mol. The molecule has 1 fully saturated rings. The number of amides is 1. The fourth-order valence-electron chi connectivity index (χ4n) is 2.63. The smallest absolute Gasteiger partial charge is 0.241 e. The molecular weight excluding hydrogens is 266 g/mol. The van der Waals surface area contributed by atoms with E-state index in [1.807, 2.05) is 20.8 Å². The Hall–Kier alpha value is -1.90. The first-order valence-electron chi connectivity index (χ1n) is 7.20. The highest BCUT2D eigenvalue weighted by Crippen LogP contribution is 2.17. The summed E-state index contributed by atoms with van der Waals surface area (Å²) < 4.78 is 5.68. The first-order valence-corrected chi connectivity index (χ1v) is 7.20. The standard InChI is InChI=1S/C16H21N3O2/c1-11-9-19(10-12(2)21-11)13(3)16(20)18-15-7-5-4-6-14(15)8-17/h4-7,11-13H,9-10H2,1-3H3,(H,18,20)/t11-,12+,13-/m1/s1. The van der Waals surface area contributed by atoms with Gasteiger partial charge in [-0.1, -0.05) is 12.1 Å². The van der Waals surface area contributed by atoms with E-state index in [1.54, 1.807) is 24.3 Å². The molecule has 0 unspecified atom stereocenters. The first kappa shape index (κ1) is 15.5. The molecule has 1 aliphatic rings. The molecule has 1 aliphatic heterocycles. The highest BCUT2D eigenvalue weighted by molar-refractivity contribution is 5.95.